The van der Waals surface area contributed by atoms with Gasteiger partial charge < -0.3 is 0 Å². The molecule has 138 valence electrons. The molecule has 0 radical (unpaired) electrons. The second-order valence-corrected chi connectivity index (χ2v) is 8.56. The van der Waals surface area contributed by atoms with Crippen molar-refractivity contribution in [1.29, 1.82) is 0 Å². The third-order valence-corrected chi connectivity index (χ3v) is 5.04. The number of aromatic nitrogens is 2. The van der Waals surface area contributed by atoms with Crippen LogP contribution in [0.1, 0.15) is 50.5 Å². The largest absolute Gasteiger partial charge is 0.290 e. The van der Waals surface area contributed by atoms with E-state index < -0.39 is 21.7 Å². The maximum Gasteiger partial charge on any atom is 0.290 e. The number of hydrogen-bond acceptors (Lipinski definition) is 5. The van der Waals surface area contributed by atoms with Crippen LogP contribution >= 0.6 is 0 Å². The van der Waals surface area contributed by atoms with Gasteiger partial charge in [-0.1, -0.05) is 12.1 Å². The van der Waals surface area contributed by atoms with Gasteiger partial charge in [0.15, 0.2) is 15.5 Å². The molecule has 0 fully saturated rings. The highest BCUT2D eigenvalue weighted by molar-refractivity contribution is 7.89. The predicted molar refractivity (Wildman–Crippen MR) is 95.2 cm³/mol. The smallest absolute Gasteiger partial charge is 0.281 e. The first-order chi connectivity index (χ1) is 12.3. The molecule has 0 aliphatic heterocycles. The molecule has 9 heteroatoms. The molecule has 0 unspecified atom stereocenters. The quantitative estimate of drug-likeness (QED) is 0.685. The molecule has 0 atom stereocenters. The number of rotatable bonds is 4. The summed E-state index contributed by atoms with van der Waals surface area (Å²) in [5.74, 6) is -1.16. The van der Waals surface area contributed by atoms with Gasteiger partial charge in [0, 0.05) is 23.1 Å². The van der Waals surface area contributed by atoms with Gasteiger partial charge in [0.1, 0.15) is 0 Å². The van der Waals surface area contributed by atoms with Crippen molar-refractivity contribution < 1.29 is 18.0 Å². The normalized spacial score (nSPS) is 13.7. The summed E-state index contributed by atoms with van der Waals surface area (Å²) >= 11 is 0. The average Bonchev–Trinajstić information content (AvgIpc) is 3.02. The fourth-order valence-corrected chi connectivity index (χ4v) is 3.80. The van der Waals surface area contributed by atoms with E-state index in [1.807, 2.05) is 0 Å². The van der Waals surface area contributed by atoms with Crippen molar-refractivity contribution in [3.05, 3.63) is 52.3 Å². The maximum absolute atomic E-state index is 12.3. The summed E-state index contributed by atoms with van der Waals surface area (Å²) in [4.78, 5) is 24.5. The van der Waals surface area contributed by atoms with Crippen molar-refractivity contribution in [3.8, 4) is 0 Å². The first-order valence-electron chi connectivity index (χ1n) is 8.27. The average molecular weight is 376 g/mol. The van der Waals surface area contributed by atoms with E-state index in [9.17, 15) is 18.0 Å². The van der Waals surface area contributed by atoms with Gasteiger partial charge in [-0.2, -0.15) is 5.10 Å². The summed E-state index contributed by atoms with van der Waals surface area (Å²) in [6.07, 6.45) is 4.86. The van der Waals surface area contributed by atoms with Gasteiger partial charge in [0.25, 0.3) is 11.8 Å². The van der Waals surface area contributed by atoms with Crippen molar-refractivity contribution in [2.24, 2.45) is 0 Å². The van der Waals surface area contributed by atoms with Gasteiger partial charge in [-0.3, -0.25) is 25.5 Å². The zero-order valence-corrected chi connectivity index (χ0v) is 15.1. The lowest BCUT2D eigenvalue weighted by Gasteiger charge is -2.11. The van der Waals surface area contributed by atoms with Crippen molar-refractivity contribution in [2.45, 2.75) is 31.4 Å². The number of aromatic amines is 1. The highest BCUT2D eigenvalue weighted by Gasteiger charge is 2.22. The van der Waals surface area contributed by atoms with Crippen LogP contribution in [0.5, 0.6) is 0 Å². The second kappa shape index (κ2) is 7.28. The van der Waals surface area contributed by atoms with Crippen molar-refractivity contribution in [2.75, 3.05) is 6.26 Å². The molecule has 0 bridgehead atoms. The fourth-order valence-electron chi connectivity index (χ4n) is 3.02. The highest BCUT2D eigenvalue weighted by atomic mass is 32.2. The van der Waals surface area contributed by atoms with Crippen LogP contribution < -0.4 is 10.9 Å². The van der Waals surface area contributed by atoms with Crippen LogP contribution in [0.2, 0.25) is 0 Å². The molecule has 1 aromatic carbocycles. The molecule has 8 nitrogen and oxygen atoms in total. The lowest BCUT2D eigenvalue weighted by molar-refractivity contribution is 0.0843. The first-order valence-corrected chi connectivity index (χ1v) is 10.3. The third-order valence-electron chi connectivity index (χ3n) is 4.18. The van der Waals surface area contributed by atoms with Crippen molar-refractivity contribution in [3.63, 3.8) is 0 Å². The Morgan fingerprint density at radius 2 is 1.88 bits per heavy atom. The zero-order chi connectivity index (χ0) is 18.7. The molecule has 2 aromatic rings. The number of amides is 2. The number of carbonyl (C=O) groups excluding carboxylic acids is 2. The molecule has 0 saturated carbocycles. The molecule has 26 heavy (non-hydrogen) atoms. The van der Waals surface area contributed by atoms with E-state index in [1.165, 1.54) is 6.07 Å². The second-order valence-electron chi connectivity index (χ2n) is 6.42. The minimum atomic E-state index is -3.20. The highest BCUT2D eigenvalue weighted by Crippen LogP contribution is 2.21. The molecular weight excluding hydrogens is 356 g/mol. The summed E-state index contributed by atoms with van der Waals surface area (Å²) < 4.78 is 22.8. The first kappa shape index (κ1) is 18.1. The van der Waals surface area contributed by atoms with E-state index in [0.717, 1.165) is 43.2 Å². The number of aryl methyl sites for hydroxylation is 1. The number of sulfone groups is 1. The molecular formula is C17H20N4O4S. The van der Waals surface area contributed by atoms with Crippen LogP contribution in [-0.2, 0) is 28.4 Å². The SMILES string of the molecule is CS(=O)(=O)Cc1cccc(C(=O)NNC(=O)c2n[nH]c3c2CCCC3)c1. The van der Waals surface area contributed by atoms with E-state index in [0.29, 0.717) is 11.3 Å². The summed E-state index contributed by atoms with van der Waals surface area (Å²) in [7, 11) is -3.20. The Balaban J connectivity index is 1.65. The molecule has 2 amide bonds. The zero-order valence-electron chi connectivity index (χ0n) is 14.3. The van der Waals surface area contributed by atoms with Gasteiger partial charge in [-0.05, 0) is 43.4 Å². The molecule has 1 aromatic heterocycles. The topological polar surface area (TPSA) is 121 Å². The molecule has 3 rings (SSSR count). The van der Waals surface area contributed by atoms with E-state index in [2.05, 4.69) is 21.0 Å². The Kier molecular flexibility index (Phi) is 5.08. The summed E-state index contributed by atoms with van der Waals surface area (Å²) in [6.45, 7) is 0. The Morgan fingerprint density at radius 1 is 1.15 bits per heavy atom. The molecule has 1 aliphatic carbocycles. The Hall–Kier alpha value is -2.68. The summed E-state index contributed by atoms with van der Waals surface area (Å²) in [5.41, 5.74) is 7.64. The number of carbonyl (C=O) groups is 2. The number of nitrogens with one attached hydrogen (secondary N) is 3. The van der Waals surface area contributed by atoms with Crippen molar-refractivity contribution >= 4 is 21.7 Å². The molecule has 0 spiro atoms. The fraction of sp³-hybridized carbons (Fsp3) is 0.353. The Labute approximate surface area is 151 Å². The van der Waals surface area contributed by atoms with Crippen LogP contribution in [0.25, 0.3) is 0 Å². The minimum Gasteiger partial charge on any atom is -0.281 e. The van der Waals surface area contributed by atoms with E-state index in [1.54, 1.807) is 18.2 Å². The molecule has 0 saturated heterocycles. The third kappa shape index (κ3) is 4.29. The number of nitrogens with zero attached hydrogens (tertiary/aromatic N) is 1. The van der Waals surface area contributed by atoms with Crippen LogP contribution in [0, 0.1) is 0 Å². The standard InChI is InChI=1S/C17H20N4O4S/c1-26(24,25)10-11-5-4-6-12(9-11)16(22)20-21-17(23)15-13-7-2-3-8-14(13)18-19-15/h4-6,9H,2-3,7-8,10H2,1H3,(H,18,19)(H,20,22)(H,21,23). The maximum atomic E-state index is 12.3. The van der Waals surface area contributed by atoms with E-state index in [-0.39, 0.29) is 11.3 Å². The predicted octanol–water partition coefficient (Wildman–Crippen LogP) is 0.908. The molecule has 3 N–H and O–H groups in total. The van der Waals surface area contributed by atoms with Crippen LogP contribution in [0.4, 0.5) is 0 Å². The Bertz CT molecular complexity index is 949. The van der Waals surface area contributed by atoms with Crippen LogP contribution in [-0.4, -0.2) is 36.7 Å². The number of fused-ring (bicyclic) bond motifs is 1. The van der Waals surface area contributed by atoms with Crippen molar-refractivity contribution in [1.82, 2.24) is 21.0 Å². The molecule has 1 aliphatic rings. The minimum absolute atomic E-state index is 0.153. The monoisotopic (exact) mass is 376 g/mol. The van der Waals surface area contributed by atoms with Gasteiger partial charge in [-0.25, -0.2) is 8.42 Å². The Morgan fingerprint density at radius 3 is 2.65 bits per heavy atom. The summed E-state index contributed by atoms with van der Waals surface area (Å²) in [5, 5.41) is 6.92. The summed E-state index contributed by atoms with van der Waals surface area (Å²) in [6, 6.07) is 6.26. The van der Waals surface area contributed by atoms with E-state index in [4.69, 9.17) is 0 Å². The van der Waals surface area contributed by atoms with E-state index >= 15 is 0 Å². The number of H-pyrrole nitrogens is 1. The van der Waals surface area contributed by atoms with Gasteiger partial charge in [0.05, 0.1) is 5.75 Å². The lowest BCUT2D eigenvalue weighted by atomic mass is 9.96. The van der Waals surface area contributed by atoms with Crippen LogP contribution in [0.15, 0.2) is 24.3 Å². The number of hydrogen-bond donors (Lipinski definition) is 3. The number of benzene rings is 1. The van der Waals surface area contributed by atoms with Crippen LogP contribution in [0.3, 0.4) is 0 Å². The van der Waals surface area contributed by atoms with Gasteiger partial charge in [-0.15, -0.1) is 0 Å². The van der Waals surface area contributed by atoms with Gasteiger partial charge in [0.2, 0.25) is 0 Å². The lowest BCUT2D eigenvalue weighted by Crippen LogP contribution is -2.42. The number of hydrazine groups is 1. The molecule has 1 heterocycles. The van der Waals surface area contributed by atoms with Gasteiger partial charge >= 0.3 is 0 Å².